The average molecular weight is 318 g/mol. The standard InChI is InChI=1S/C19H24F2N2/c1-2-14-4-3-5-15(8-14)13-23-7-6-19(22)11-16-9-17(20)12-18(21)10-16/h3-5,8-10,12,19,23H,2,6-7,11,13,22H2,1H3. The Morgan fingerprint density at radius 2 is 1.70 bits per heavy atom. The van der Waals surface area contributed by atoms with Crippen LogP contribution in [0, 0.1) is 11.6 Å². The van der Waals surface area contributed by atoms with E-state index in [0.717, 1.165) is 32.0 Å². The maximum absolute atomic E-state index is 13.1. The van der Waals surface area contributed by atoms with E-state index in [2.05, 4.69) is 36.5 Å². The SMILES string of the molecule is CCc1cccc(CNCCC(N)Cc2cc(F)cc(F)c2)c1. The molecular formula is C19H24F2N2. The fourth-order valence-corrected chi connectivity index (χ4v) is 2.61. The minimum atomic E-state index is -0.555. The summed E-state index contributed by atoms with van der Waals surface area (Å²) in [4.78, 5) is 0. The Bertz CT molecular complexity index is 608. The van der Waals surface area contributed by atoms with Crippen LogP contribution in [0.15, 0.2) is 42.5 Å². The van der Waals surface area contributed by atoms with Crippen LogP contribution in [0.25, 0.3) is 0 Å². The molecule has 0 aliphatic heterocycles. The number of nitrogens with one attached hydrogen (secondary N) is 1. The number of halogens is 2. The molecule has 124 valence electrons. The number of rotatable bonds is 8. The first-order valence-electron chi connectivity index (χ1n) is 8.06. The number of hydrogen-bond acceptors (Lipinski definition) is 2. The molecule has 0 fully saturated rings. The van der Waals surface area contributed by atoms with Crippen molar-refractivity contribution in [3.05, 3.63) is 70.8 Å². The Morgan fingerprint density at radius 3 is 2.39 bits per heavy atom. The number of nitrogens with two attached hydrogens (primary N) is 1. The predicted octanol–water partition coefficient (Wildman–Crippen LogP) is 3.58. The van der Waals surface area contributed by atoms with Crippen LogP contribution in [0.3, 0.4) is 0 Å². The van der Waals surface area contributed by atoms with Crippen molar-refractivity contribution in [2.75, 3.05) is 6.54 Å². The van der Waals surface area contributed by atoms with Gasteiger partial charge in [0.2, 0.25) is 0 Å². The molecule has 0 aliphatic carbocycles. The Hall–Kier alpha value is -1.78. The number of benzene rings is 2. The van der Waals surface area contributed by atoms with Crippen molar-refractivity contribution in [2.45, 2.75) is 38.8 Å². The largest absolute Gasteiger partial charge is 0.327 e. The molecule has 4 heteroatoms. The summed E-state index contributed by atoms with van der Waals surface area (Å²) in [5.74, 6) is -1.11. The highest BCUT2D eigenvalue weighted by Gasteiger charge is 2.07. The lowest BCUT2D eigenvalue weighted by atomic mass is 10.0. The molecule has 2 nitrogen and oxygen atoms in total. The van der Waals surface area contributed by atoms with Gasteiger partial charge in [-0.05, 0) is 54.6 Å². The third-order valence-corrected chi connectivity index (χ3v) is 3.84. The van der Waals surface area contributed by atoms with Crippen LogP contribution in [-0.4, -0.2) is 12.6 Å². The highest BCUT2D eigenvalue weighted by atomic mass is 19.1. The van der Waals surface area contributed by atoms with Crippen LogP contribution in [0.1, 0.15) is 30.0 Å². The van der Waals surface area contributed by atoms with Gasteiger partial charge in [-0.15, -0.1) is 0 Å². The predicted molar refractivity (Wildman–Crippen MR) is 90.2 cm³/mol. The van der Waals surface area contributed by atoms with E-state index >= 15 is 0 Å². The van der Waals surface area contributed by atoms with Crippen molar-refractivity contribution in [1.82, 2.24) is 5.32 Å². The molecule has 1 atom stereocenters. The molecule has 0 saturated heterocycles. The van der Waals surface area contributed by atoms with Crippen molar-refractivity contribution in [3.63, 3.8) is 0 Å². The lowest BCUT2D eigenvalue weighted by Crippen LogP contribution is -2.28. The molecule has 0 heterocycles. The Balaban J connectivity index is 1.73. The van der Waals surface area contributed by atoms with Crippen molar-refractivity contribution in [3.8, 4) is 0 Å². The zero-order valence-corrected chi connectivity index (χ0v) is 13.5. The summed E-state index contributed by atoms with van der Waals surface area (Å²) in [6.45, 7) is 3.71. The van der Waals surface area contributed by atoms with Crippen LogP contribution < -0.4 is 11.1 Å². The van der Waals surface area contributed by atoms with Gasteiger partial charge in [-0.3, -0.25) is 0 Å². The summed E-state index contributed by atoms with van der Waals surface area (Å²) in [6, 6.07) is 11.9. The molecule has 2 aromatic rings. The van der Waals surface area contributed by atoms with Crippen molar-refractivity contribution in [2.24, 2.45) is 5.73 Å². The molecule has 1 unspecified atom stereocenters. The second-order valence-electron chi connectivity index (χ2n) is 5.88. The van der Waals surface area contributed by atoms with Crippen LogP contribution in [-0.2, 0) is 19.4 Å². The lowest BCUT2D eigenvalue weighted by molar-refractivity contribution is 0.548. The van der Waals surface area contributed by atoms with Crippen LogP contribution in [0.4, 0.5) is 8.78 Å². The van der Waals surface area contributed by atoms with Gasteiger partial charge in [-0.25, -0.2) is 8.78 Å². The van der Waals surface area contributed by atoms with E-state index in [1.807, 2.05) is 0 Å². The van der Waals surface area contributed by atoms with Crippen LogP contribution in [0.2, 0.25) is 0 Å². The van der Waals surface area contributed by atoms with E-state index < -0.39 is 11.6 Å². The molecule has 2 aromatic carbocycles. The number of aryl methyl sites for hydroxylation is 1. The van der Waals surface area contributed by atoms with Crippen molar-refractivity contribution >= 4 is 0 Å². The van der Waals surface area contributed by atoms with Gasteiger partial charge in [-0.2, -0.15) is 0 Å². The van der Waals surface area contributed by atoms with E-state index in [4.69, 9.17) is 5.73 Å². The third-order valence-electron chi connectivity index (χ3n) is 3.84. The smallest absolute Gasteiger partial charge is 0.126 e. The fraction of sp³-hybridized carbons (Fsp3) is 0.368. The normalized spacial score (nSPS) is 12.3. The van der Waals surface area contributed by atoms with Gasteiger partial charge in [0, 0.05) is 18.7 Å². The summed E-state index contributed by atoms with van der Waals surface area (Å²) >= 11 is 0. The van der Waals surface area contributed by atoms with E-state index in [1.165, 1.54) is 23.3 Å². The van der Waals surface area contributed by atoms with Gasteiger partial charge in [0.25, 0.3) is 0 Å². The summed E-state index contributed by atoms with van der Waals surface area (Å²) in [5, 5.41) is 3.36. The van der Waals surface area contributed by atoms with E-state index in [1.54, 1.807) is 0 Å². The van der Waals surface area contributed by atoms with Gasteiger partial charge in [0.15, 0.2) is 0 Å². The molecule has 3 N–H and O–H groups in total. The fourth-order valence-electron chi connectivity index (χ4n) is 2.61. The molecule has 2 rings (SSSR count). The molecule has 0 aromatic heterocycles. The zero-order valence-electron chi connectivity index (χ0n) is 13.5. The lowest BCUT2D eigenvalue weighted by Gasteiger charge is -2.13. The van der Waals surface area contributed by atoms with E-state index in [-0.39, 0.29) is 6.04 Å². The maximum atomic E-state index is 13.1. The van der Waals surface area contributed by atoms with Crippen LogP contribution >= 0.6 is 0 Å². The maximum Gasteiger partial charge on any atom is 0.126 e. The second kappa shape index (κ2) is 8.75. The molecule has 0 spiro atoms. The quantitative estimate of drug-likeness (QED) is 0.730. The number of hydrogen-bond donors (Lipinski definition) is 2. The Kier molecular flexibility index (Phi) is 6.68. The molecule has 0 bridgehead atoms. The second-order valence-corrected chi connectivity index (χ2v) is 5.88. The highest BCUT2D eigenvalue weighted by Crippen LogP contribution is 2.10. The summed E-state index contributed by atoms with van der Waals surface area (Å²) in [5.41, 5.74) is 9.23. The summed E-state index contributed by atoms with van der Waals surface area (Å²) < 4.78 is 26.3. The first-order valence-corrected chi connectivity index (χ1v) is 8.06. The van der Waals surface area contributed by atoms with E-state index in [9.17, 15) is 8.78 Å². The van der Waals surface area contributed by atoms with Crippen LogP contribution in [0.5, 0.6) is 0 Å². The van der Waals surface area contributed by atoms with Gasteiger partial charge in [0.05, 0.1) is 0 Å². The summed E-state index contributed by atoms with van der Waals surface area (Å²) in [6.07, 6.45) is 2.26. The van der Waals surface area contributed by atoms with Gasteiger partial charge < -0.3 is 11.1 Å². The minimum absolute atomic E-state index is 0.120. The monoisotopic (exact) mass is 318 g/mol. The highest BCUT2D eigenvalue weighted by molar-refractivity contribution is 5.23. The van der Waals surface area contributed by atoms with E-state index in [0.29, 0.717) is 12.0 Å². The summed E-state index contributed by atoms with van der Waals surface area (Å²) in [7, 11) is 0. The van der Waals surface area contributed by atoms with Crippen molar-refractivity contribution in [1.29, 1.82) is 0 Å². The first-order chi connectivity index (χ1) is 11.1. The third kappa shape index (κ3) is 6.08. The Morgan fingerprint density at radius 1 is 1.00 bits per heavy atom. The average Bonchev–Trinajstić information content (AvgIpc) is 2.51. The van der Waals surface area contributed by atoms with Gasteiger partial charge >= 0.3 is 0 Å². The molecular weight excluding hydrogens is 294 g/mol. The molecule has 0 radical (unpaired) electrons. The molecule has 23 heavy (non-hydrogen) atoms. The van der Waals surface area contributed by atoms with Gasteiger partial charge in [0.1, 0.15) is 11.6 Å². The zero-order chi connectivity index (χ0) is 16.7. The molecule has 0 saturated carbocycles. The molecule has 0 aliphatic rings. The Labute approximate surface area is 136 Å². The first kappa shape index (κ1) is 17.6. The van der Waals surface area contributed by atoms with Crippen molar-refractivity contribution < 1.29 is 8.78 Å². The minimum Gasteiger partial charge on any atom is -0.327 e. The topological polar surface area (TPSA) is 38.0 Å². The molecule has 0 amide bonds. The van der Waals surface area contributed by atoms with Gasteiger partial charge in [-0.1, -0.05) is 31.2 Å².